The maximum absolute atomic E-state index is 12.2. The largest absolute Gasteiger partial charge is 0.465 e. The highest BCUT2D eigenvalue weighted by Crippen LogP contribution is 2.26. The van der Waals surface area contributed by atoms with E-state index in [-0.39, 0.29) is 12.4 Å². The number of benzene rings is 1. The Morgan fingerprint density at radius 2 is 2.00 bits per heavy atom. The number of aromatic nitrogens is 3. The molecule has 0 fully saturated rings. The maximum atomic E-state index is 12.2. The molecule has 7 nitrogen and oxygen atoms in total. The summed E-state index contributed by atoms with van der Waals surface area (Å²) in [6.07, 6.45) is 0. The average molecular weight is 380 g/mol. The normalized spacial score (nSPS) is 10.9. The summed E-state index contributed by atoms with van der Waals surface area (Å²) in [5, 5.41) is 9.61. The summed E-state index contributed by atoms with van der Waals surface area (Å²) >= 11 is 1.59. The van der Waals surface area contributed by atoms with Crippen LogP contribution in [0.2, 0.25) is 0 Å². The number of nitrogens with one attached hydrogen (secondary N) is 1. The molecule has 0 saturated carbocycles. The second-order valence-corrected chi connectivity index (χ2v) is 7.01. The SMILES string of the molecule is Cc1ccc(CNC(=O)c2nc(-c3cccc(-c4csc(C)n4)c3)no2)o1. The first-order valence-corrected chi connectivity index (χ1v) is 9.16. The molecule has 1 N–H and O–H groups in total. The van der Waals surface area contributed by atoms with E-state index in [0.29, 0.717) is 11.6 Å². The van der Waals surface area contributed by atoms with Crippen LogP contribution in [0.25, 0.3) is 22.6 Å². The first kappa shape index (κ1) is 17.2. The van der Waals surface area contributed by atoms with Crippen LogP contribution in [0.15, 0.2) is 50.7 Å². The van der Waals surface area contributed by atoms with Gasteiger partial charge in [-0.1, -0.05) is 23.4 Å². The number of hydrogen-bond donors (Lipinski definition) is 1. The smallest absolute Gasteiger partial charge is 0.316 e. The molecule has 1 amide bonds. The van der Waals surface area contributed by atoms with Gasteiger partial charge < -0.3 is 14.3 Å². The summed E-state index contributed by atoms with van der Waals surface area (Å²) in [5.74, 6) is 1.25. The fourth-order valence-electron chi connectivity index (χ4n) is 2.57. The zero-order chi connectivity index (χ0) is 18.8. The van der Waals surface area contributed by atoms with Crippen molar-refractivity contribution in [2.45, 2.75) is 20.4 Å². The molecule has 4 aromatic rings. The highest BCUT2D eigenvalue weighted by atomic mass is 32.1. The lowest BCUT2D eigenvalue weighted by molar-refractivity contribution is 0.0904. The Balaban J connectivity index is 1.49. The summed E-state index contributed by atoms with van der Waals surface area (Å²) in [6.45, 7) is 4.06. The third-order valence-corrected chi connectivity index (χ3v) is 4.65. The van der Waals surface area contributed by atoms with Crippen LogP contribution in [0.4, 0.5) is 0 Å². The van der Waals surface area contributed by atoms with Crippen molar-refractivity contribution in [1.82, 2.24) is 20.4 Å². The summed E-state index contributed by atoms with van der Waals surface area (Å²) in [4.78, 5) is 20.9. The minimum Gasteiger partial charge on any atom is -0.465 e. The highest BCUT2D eigenvalue weighted by Gasteiger charge is 2.17. The van der Waals surface area contributed by atoms with E-state index in [1.165, 1.54) is 0 Å². The zero-order valence-electron chi connectivity index (χ0n) is 14.7. The number of carbonyl (C=O) groups is 1. The van der Waals surface area contributed by atoms with Crippen LogP contribution in [0.1, 0.15) is 27.2 Å². The van der Waals surface area contributed by atoms with Crippen LogP contribution in [0.3, 0.4) is 0 Å². The predicted octanol–water partition coefficient (Wildman–Crippen LogP) is 4.00. The van der Waals surface area contributed by atoms with Crippen molar-refractivity contribution in [2.75, 3.05) is 0 Å². The van der Waals surface area contributed by atoms with Crippen LogP contribution in [0.5, 0.6) is 0 Å². The fourth-order valence-corrected chi connectivity index (χ4v) is 3.19. The van der Waals surface area contributed by atoms with Crippen LogP contribution < -0.4 is 5.32 Å². The molecule has 0 bridgehead atoms. The maximum Gasteiger partial charge on any atom is 0.316 e. The van der Waals surface area contributed by atoms with Gasteiger partial charge in [-0.15, -0.1) is 11.3 Å². The number of aryl methyl sites for hydroxylation is 2. The molecule has 1 aromatic carbocycles. The van der Waals surface area contributed by atoms with E-state index in [2.05, 4.69) is 20.4 Å². The minimum atomic E-state index is -0.450. The molecule has 0 aliphatic heterocycles. The molecule has 136 valence electrons. The van der Waals surface area contributed by atoms with E-state index in [9.17, 15) is 4.79 Å². The number of rotatable bonds is 5. The van der Waals surface area contributed by atoms with Gasteiger partial charge in [0.15, 0.2) is 0 Å². The number of carbonyl (C=O) groups excluding carboxylic acids is 1. The summed E-state index contributed by atoms with van der Waals surface area (Å²) in [5.41, 5.74) is 2.61. The van der Waals surface area contributed by atoms with Gasteiger partial charge in [0.1, 0.15) is 11.5 Å². The first-order chi connectivity index (χ1) is 13.1. The van der Waals surface area contributed by atoms with E-state index >= 15 is 0 Å². The summed E-state index contributed by atoms with van der Waals surface area (Å²) in [7, 11) is 0. The molecular weight excluding hydrogens is 364 g/mol. The number of furan rings is 1. The van der Waals surface area contributed by atoms with Gasteiger partial charge in [0.05, 0.1) is 17.2 Å². The second-order valence-electron chi connectivity index (χ2n) is 5.95. The van der Waals surface area contributed by atoms with Crippen LogP contribution in [0, 0.1) is 13.8 Å². The van der Waals surface area contributed by atoms with Crippen molar-refractivity contribution < 1.29 is 13.7 Å². The third kappa shape index (κ3) is 3.80. The number of hydrogen-bond acceptors (Lipinski definition) is 7. The Morgan fingerprint density at radius 3 is 2.74 bits per heavy atom. The molecule has 0 atom stereocenters. The Morgan fingerprint density at radius 1 is 1.15 bits per heavy atom. The van der Waals surface area contributed by atoms with Gasteiger partial charge in [0.25, 0.3) is 0 Å². The van der Waals surface area contributed by atoms with Crippen molar-refractivity contribution >= 4 is 17.2 Å². The quantitative estimate of drug-likeness (QED) is 0.562. The van der Waals surface area contributed by atoms with Gasteiger partial charge in [0.2, 0.25) is 5.82 Å². The minimum absolute atomic E-state index is 0.0943. The molecule has 27 heavy (non-hydrogen) atoms. The molecule has 0 saturated heterocycles. The van der Waals surface area contributed by atoms with Gasteiger partial charge in [-0.05, 0) is 32.0 Å². The van der Waals surface area contributed by atoms with Crippen molar-refractivity contribution in [3.05, 3.63) is 64.2 Å². The standard InChI is InChI=1S/C19H16N4O3S/c1-11-6-7-15(25-11)9-20-18(24)19-22-17(23-26-19)14-5-3-4-13(8-14)16-10-27-12(2)21-16/h3-8,10H,9H2,1-2H3,(H,20,24). The van der Waals surface area contributed by atoms with E-state index < -0.39 is 5.91 Å². The molecule has 3 heterocycles. The fraction of sp³-hybridized carbons (Fsp3) is 0.158. The molecule has 0 aliphatic rings. The van der Waals surface area contributed by atoms with Crippen molar-refractivity contribution in [1.29, 1.82) is 0 Å². The third-order valence-electron chi connectivity index (χ3n) is 3.88. The number of nitrogens with zero attached hydrogens (tertiary/aromatic N) is 3. The number of thiazole rings is 1. The molecule has 0 aliphatic carbocycles. The molecule has 0 radical (unpaired) electrons. The van der Waals surface area contributed by atoms with Crippen molar-refractivity contribution in [3.63, 3.8) is 0 Å². The Kier molecular flexibility index (Phi) is 4.55. The molecule has 0 unspecified atom stereocenters. The second kappa shape index (κ2) is 7.16. The molecule has 0 spiro atoms. The summed E-state index contributed by atoms with van der Waals surface area (Å²) < 4.78 is 10.5. The van der Waals surface area contributed by atoms with Crippen LogP contribution in [-0.2, 0) is 6.54 Å². The topological polar surface area (TPSA) is 94.1 Å². The number of amides is 1. The van der Waals surface area contributed by atoms with Gasteiger partial charge >= 0.3 is 11.8 Å². The molecule has 8 heteroatoms. The monoisotopic (exact) mass is 380 g/mol. The van der Waals surface area contributed by atoms with Gasteiger partial charge in [-0.25, -0.2) is 4.98 Å². The van der Waals surface area contributed by atoms with Crippen molar-refractivity contribution in [2.24, 2.45) is 0 Å². The Hall–Kier alpha value is -3.26. The van der Waals surface area contributed by atoms with Crippen molar-refractivity contribution in [3.8, 4) is 22.6 Å². The Bertz CT molecular complexity index is 1100. The lowest BCUT2D eigenvalue weighted by Gasteiger charge is -1.99. The predicted molar refractivity (Wildman–Crippen MR) is 100 cm³/mol. The Labute approximate surface area is 159 Å². The molecule has 3 aromatic heterocycles. The van der Waals surface area contributed by atoms with E-state index in [0.717, 1.165) is 27.6 Å². The molecular formula is C19H16N4O3S. The van der Waals surface area contributed by atoms with Gasteiger partial charge in [-0.3, -0.25) is 4.79 Å². The van der Waals surface area contributed by atoms with Crippen LogP contribution in [-0.4, -0.2) is 21.0 Å². The first-order valence-electron chi connectivity index (χ1n) is 8.28. The lowest BCUT2D eigenvalue weighted by Crippen LogP contribution is -2.22. The van der Waals surface area contributed by atoms with E-state index in [1.54, 1.807) is 17.4 Å². The van der Waals surface area contributed by atoms with Gasteiger partial charge in [0, 0.05) is 16.5 Å². The zero-order valence-corrected chi connectivity index (χ0v) is 15.5. The lowest BCUT2D eigenvalue weighted by atomic mass is 10.1. The van der Waals surface area contributed by atoms with E-state index in [1.807, 2.05) is 49.6 Å². The van der Waals surface area contributed by atoms with Crippen LogP contribution >= 0.6 is 11.3 Å². The average Bonchev–Trinajstić information content (AvgIpc) is 3.41. The highest BCUT2D eigenvalue weighted by molar-refractivity contribution is 7.09. The molecule has 4 rings (SSSR count). The van der Waals surface area contributed by atoms with E-state index in [4.69, 9.17) is 8.94 Å². The van der Waals surface area contributed by atoms with Gasteiger partial charge in [-0.2, -0.15) is 4.98 Å². The summed E-state index contributed by atoms with van der Waals surface area (Å²) in [6, 6.07) is 11.3.